The molecule has 0 aromatic heterocycles. The van der Waals surface area contributed by atoms with Gasteiger partial charge < -0.3 is 5.43 Å². The minimum atomic E-state index is -3.61. The molecule has 0 fully saturated rings. The number of sulfonamides is 1. The van der Waals surface area contributed by atoms with E-state index in [2.05, 4.69) is 10.9 Å². The zero-order valence-corrected chi connectivity index (χ0v) is 16.6. The number of amides is 1. The second kappa shape index (κ2) is 9.34. The van der Waals surface area contributed by atoms with E-state index in [1.165, 1.54) is 16.4 Å². The minimum absolute atomic E-state index is 0.106. The number of carbonyl (C=O) groups is 1. The van der Waals surface area contributed by atoms with Crippen LogP contribution in [0.1, 0.15) is 36.7 Å². The van der Waals surface area contributed by atoms with Gasteiger partial charge in [-0.2, -0.15) is 4.31 Å². The molecule has 0 aliphatic rings. The molecule has 0 saturated carbocycles. The Kier molecular flexibility index (Phi) is 7.15. The number of carbonyl (C=O) groups excluding carboxylic acids is 1. The highest BCUT2D eigenvalue weighted by atomic mass is 32.2. The van der Waals surface area contributed by atoms with Crippen molar-refractivity contribution in [3.05, 3.63) is 71.9 Å². The molecular formula is C20H25N3O3S. The topological polar surface area (TPSA) is 78.5 Å². The molecule has 144 valence electrons. The summed E-state index contributed by atoms with van der Waals surface area (Å²) in [5, 5.41) is 0. The molecule has 0 unspecified atom stereocenters. The van der Waals surface area contributed by atoms with Gasteiger partial charge in [0.2, 0.25) is 10.0 Å². The van der Waals surface area contributed by atoms with Crippen LogP contribution in [0.5, 0.6) is 0 Å². The van der Waals surface area contributed by atoms with Crippen LogP contribution in [0.25, 0.3) is 5.57 Å². The van der Waals surface area contributed by atoms with Gasteiger partial charge in [-0.05, 0) is 36.3 Å². The molecule has 2 aromatic carbocycles. The van der Waals surface area contributed by atoms with Gasteiger partial charge in [0, 0.05) is 24.9 Å². The number of nitrogens with one attached hydrogen (secondary N) is 2. The molecule has 0 aliphatic heterocycles. The summed E-state index contributed by atoms with van der Waals surface area (Å²) in [7, 11) is -3.61. The third-order valence-electron chi connectivity index (χ3n) is 4.14. The fraction of sp³-hybridized carbons (Fsp3) is 0.250. The van der Waals surface area contributed by atoms with Crippen LogP contribution < -0.4 is 10.9 Å². The van der Waals surface area contributed by atoms with Crippen molar-refractivity contribution in [2.45, 2.75) is 25.7 Å². The number of allylic oxidation sites excluding steroid dienone is 1. The maximum atomic E-state index is 12.6. The quantitative estimate of drug-likeness (QED) is 0.683. The van der Waals surface area contributed by atoms with Crippen molar-refractivity contribution < 1.29 is 13.2 Å². The van der Waals surface area contributed by atoms with E-state index in [-0.39, 0.29) is 10.5 Å². The Bertz CT molecular complexity index is 905. The largest absolute Gasteiger partial charge is 0.305 e. The van der Waals surface area contributed by atoms with Gasteiger partial charge in [0.1, 0.15) is 0 Å². The van der Waals surface area contributed by atoms with Crippen LogP contribution in [0.15, 0.2) is 65.7 Å². The van der Waals surface area contributed by atoms with E-state index in [9.17, 15) is 13.2 Å². The first-order valence-electron chi connectivity index (χ1n) is 8.78. The normalized spacial score (nSPS) is 12.1. The number of rotatable bonds is 8. The van der Waals surface area contributed by atoms with Crippen molar-refractivity contribution in [1.29, 1.82) is 0 Å². The highest BCUT2D eigenvalue weighted by Crippen LogP contribution is 2.17. The number of hydrogen-bond acceptors (Lipinski definition) is 4. The van der Waals surface area contributed by atoms with Crippen LogP contribution in [0, 0.1) is 0 Å². The first-order valence-corrected chi connectivity index (χ1v) is 10.2. The molecule has 0 atom stereocenters. The average Bonchev–Trinajstić information content (AvgIpc) is 2.69. The second-order valence-corrected chi connectivity index (χ2v) is 7.85. The maximum Gasteiger partial charge on any atom is 0.269 e. The third kappa shape index (κ3) is 5.18. The van der Waals surface area contributed by atoms with Crippen molar-refractivity contribution in [2.75, 3.05) is 13.1 Å². The zero-order chi connectivity index (χ0) is 19.9. The zero-order valence-electron chi connectivity index (χ0n) is 15.8. The number of nitrogens with zero attached hydrogens (tertiary/aromatic N) is 1. The van der Waals surface area contributed by atoms with Gasteiger partial charge >= 0.3 is 0 Å². The van der Waals surface area contributed by atoms with Crippen molar-refractivity contribution in [1.82, 2.24) is 15.2 Å². The van der Waals surface area contributed by atoms with Crippen molar-refractivity contribution >= 4 is 21.5 Å². The summed E-state index contributed by atoms with van der Waals surface area (Å²) in [5.74, 6) is -0.413. The summed E-state index contributed by atoms with van der Waals surface area (Å²) >= 11 is 0. The van der Waals surface area contributed by atoms with Crippen LogP contribution in [-0.2, 0) is 10.0 Å². The lowest BCUT2D eigenvalue weighted by molar-refractivity contribution is 0.0941. The molecule has 2 rings (SSSR count). The lowest BCUT2D eigenvalue weighted by Gasteiger charge is -2.18. The Balaban J connectivity index is 2.09. The van der Waals surface area contributed by atoms with Gasteiger partial charge in [-0.15, -0.1) is 0 Å². The van der Waals surface area contributed by atoms with Gasteiger partial charge in [0.05, 0.1) is 4.90 Å². The molecule has 7 heteroatoms. The van der Waals surface area contributed by atoms with Crippen LogP contribution in [0.4, 0.5) is 0 Å². The van der Waals surface area contributed by atoms with Gasteiger partial charge in [-0.3, -0.25) is 10.2 Å². The molecule has 0 aliphatic carbocycles. The highest BCUT2D eigenvalue weighted by molar-refractivity contribution is 7.89. The van der Waals surface area contributed by atoms with Crippen LogP contribution in [0.2, 0.25) is 0 Å². The number of hydrazine groups is 1. The molecular weight excluding hydrogens is 362 g/mol. The standard InChI is InChI=1S/C20H25N3O3S/c1-4-23(5-2)27(25,26)19-13-9-12-18(14-19)20(24)22-21-15-16(3)17-10-7-6-8-11-17/h6-15,21H,4-5H2,1-3H3,(H,22,24)/b16-15+. The van der Waals surface area contributed by atoms with Crippen molar-refractivity contribution in [3.63, 3.8) is 0 Å². The predicted molar refractivity (Wildman–Crippen MR) is 107 cm³/mol. The van der Waals surface area contributed by atoms with Crippen molar-refractivity contribution in [3.8, 4) is 0 Å². The van der Waals surface area contributed by atoms with E-state index in [4.69, 9.17) is 0 Å². The molecule has 0 heterocycles. The Labute approximate surface area is 160 Å². The lowest BCUT2D eigenvalue weighted by atomic mass is 10.1. The molecule has 27 heavy (non-hydrogen) atoms. The van der Waals surface area contributed by atoms with Crippen molar-refractivity contribution in [2.24, 2.45) is 0 Å². The second-order valence-electron chi connectivity index (χ2n) is 5.91. The predicted octanol–water partition coefficient (Wildman–Crippen LogP) is 3.01. The first kappa shape index (κ1) is 20.7. The summed E-state index contributed by atoms with van der Waals surface area (Å²) < 4.78 is 26.6. The van der Waals surface area contributed by atoms with Gasteiger partial charge in [-0.25, -0.2) is 8.42 Å². The number of benzene rings is 2. The Morgan fingerprint density at radius 2 is 1.63 bits per heavy atom. The maximum absolute atomic E-state index is 12.6. The highest BCUT2D eigenvalue weighted by Gasteiger charge is 2.22. The number of hydrogen-bond donors (Lipinski definition) is 2. The lowest BCUT2D eigenvalue weighted by Crippen LogP contribution is -2.34. The van der Waals surface area contributed by atoms with E-state index in [1.54, 1.807) is 32.2 Å². The average molecular weight is 388 g/mol. The summed E-state index contributed by atoms with van der Waals surface area (Å²) in [6.07, 6.45) is 1.68. The van der Waals surface area contributed by atoms with E-state index in [1.807, 2.05) is 37.3 Å². The molecule has 0 saturated heterocycles. The Hall–Kier alpha value is -2.64. The molecule has 2 aromatic rings. The molecule has 6 nitrogen and oxygen atoms in total. The van der Waals surface area contributed by atoms with Crippen LogP contribution in [-0.4, -0.2) is 31.7 Å². The smallest absolute Gasteiger partial charge is 0.269 e. The molecule has 0 bridgehead atoms. The third-order valence-corrected chi connectivity index (χ3v) is 6.19. The summed E-state index contributed by atoms with van der Waals surface area (Å²) in [6, 6.07) is 15.8. The van der Waals surface area contributed by atoms with E-state index in [0.717, 1.165) is 11.1 Å². The van der Waals surface area contributed by atoms with E-state index in [0.29, 0.717) is 13.1 Å². The summed E-state index contributed by atoms with van der Waals surface area (Å²) in [5.41, 5.74) is 7.58. The monoisotopic (exact) mass is 387 g/mol. The molecule has 0 radical (unpaired) electrons. The van der Waals surface area contributed by atoms with Gasteiger partial charge in [0.25, 0.3) is 5.91 Å². The first-order chi connectivity index (χ1) is 12.9. The SMILES string of the molecule is CCN(CC)S(=O)(=O)c1cccc(C(=O)NN/C=C(\C)c2ccccc2)c1. The Morgan fingerprint density at radius 1 is 1.00 bits per heavy atom. The fourth-order valence-corrected chi connectivity index (χ4v) is 4.08. The fourth-order valence-electron chi connectivity index (χ4n) is 2.58. The molecule has 1 amide bonds. The molecule has 2 N–H and O–H groups in total. The summed E-state index contributed by atoms with van der Waals surface area (Å²) in [4.78, 5) is 12.4. The molecule has 0 spiro atoms. The Morgan fingerprint density at radius 3 is 2.26 bits per heavy atom. The van der Waals surface area contributed by atoms with Crippen LogP contribution in [0.3, 0.4) is 0 Å². The van der Waals surface area contributed by atoms with E-state index < -0.39 is 15.9 Å². The summed E-state index contributed by atoms with van der Waals surface area (Å²) in [6.45, 7) is 6.23. The minimum Gasteiger partial charge on any atom is -0.305 e. The van der Waals surface area contributed by atoms with Gasteiger partial charge in [-0.1, -0.05) is 50.2 Å². The van der Waals surface area contributed by atoms with Gasteiger partial charge in [0.15, 0.2) is 0 Å². The van der Waals surface area contributed by atoms with Crippen LogP contribution >= 0.6 is 0 Å². The van der Waals surface area contributed by atoms with E-state index >= 15 is 0 Å².